The lowest BCUT2D eigenvalue weighted by Gasteiger charge is -2.06. The van der Waals surface area contributed by atoms with Crippen molar-refractivity contribution in [1.82, 2.24) is 0 Å². The summed E-state index contributed by atoms with van der Waals surface area (Å²) in [6.07, 6.45) is 1.14. The molecule has 1 amide bonds. The number of amides is 1. The third kappa shape index (κ3) is 4.74. The summed E-state index contributed by atoms with van der Waals surface area (Å²) in [5.74, 6) is -3.31. The first-order chi connectivity index (χ1) is 12.4. The van der Waals surface area contributed by atoms with Gasteiger partial charge >= 0.3 is 5.97 Å². The Morgan fingerprint density at radius 1 is 1.15 bits per heavy atom. The number of nitriles is 1. The molecule has 0 saturated heterocycles. The van der Waals surface area contributed by atoms with Crippen LogP contribution >= 0.6 is 0 Å². The van der Waals surface area contributed by atoms with E-state index in [1.165, 1.54) is 30.3 Å². The predicted octanol–water partition coefficient (Wildman–Crippen LogP) is 3.69. The summed E-state index contributed by atoms with van der Waals surface area (Å²) in [6, 6.07) is 10.7. The first-order valence-corrected chi connectivity index (χ1v) is 7.60. The number of hydrogen-bond acceptors (Lipinski definition) is 4. The number of ether oxygens (including phenoxy) is 1. The number of halogens is 2. The van der Waals surface area contributed by atoms with E-state index in [2.05, 4.69) is 5.32 Å². The van der Waals surface area contributed by atoms with Crippen molar-refractivity contribution in [3.05, 3.63) is 70.8 Å². The van der Waals surface area contributed by atoms with E-state index in [4.69, 9.17) is 10.00 Å². The standard InChI is InChI=1S/C19H14F2N2O3/c1-2-26-19(25)13-4-6-15(7-5-13)23-18(24)14(11-22)9-12-3-8-16(20)17(21)10-12/h3-10H,2H2,1H3,(H,23,24)/b14-9+. The van der Waals surface area contributed by atoms with Crippen molar-refractivity contribution < 1.29 is 23.1 Å². The van der Waals surface area contributed by atoms with Crippen LogP contribution < -0.4 is 5.32 Å². The number of hydrogen-bond donors (Lipinski definition) is 1. The monoisotopic (exact) mass is 356 g/mol. The van der Waals surface area contributed by atoms with Crippen molar-refractivity contribution in [2.45, 2.75) is 6.92 Å². The zero-order chi connectivity index (χ0) is 19.1. The lowest BCUT2D eigenvalue weighted by molar-refractivity contribution is -0.112. The van der Waals surface area contributed by atoms with E-state index in [-0.39, 0.29) is 17.7 Å². The maximum absolute atomic E-state index is 13.2. The highest BCUT2D eigenvalue weighted by molar-refractivity contribution is 6.09. The molecule has 2 rings (SSSR count). The van der Waals surface area contributed by atoms with Crippen molar-refractivity contribution in [3.63, 3.8) is 0 Å². The van der Waals surface area contributed by atoms with Gasteiger partial charge in [-0.25, -0.2) is 13.6 Å². The van der Waals surface area contributed by atoms with Crippen molar-refractivity contribution in [2.75, 3.05) is 11.9 Å². The fraction of sp³-hybridized carbons (Fsp3) is 0.105. The van der Waals surface area contributed by atoms with E-state index in [0.29, 0.717) is 11.3 Å². The Morgan fingerprint density at radius 3 is 2.42 bits per heavy atom. The molecule has 0 aliphatic carbocycles. The van der Waals surface area contributed by atoms with Gasteiger partial charge in [0.1, 0.15) is 11.6 Å². The molecule has 1 N–H and O–H groups in total. The zero-order valence-electron chi connectivity index (χ0n) is 13.8. The van der Waals surface area contributed by atoms with E-state index in [1.54, 1.807) is 13.0 Å². The summed E-state index contributed by atoms with van der Waals surface area (Å²) in [7, 11) is 0. The largest absolute Gasteiger partial charge is 0.462 e. The number of carbonyl (C=O) groups excluding carboxylic acids is 2. The lowest BCUT2D eigenvalue weighted by atomic mass is 10.1. The third-order valence-corrected chi connectivity index (χ3v) is 3.27. The summed E-state index contributed by atoms with van der Waals surface area (Å²) >= 11 is 0. The topological polar surface area (TPSA) is 79.2 Å². The number of rotatable bonds is 5. The maximum Gasteiger partial charge on any atom is 0.338 e. The Hall–Kier alpha value is -3.53. The molecular formula is C19H14F2N2O3. The first-order valence-electron chi connectivity index (χ1n) is 7.60. The fourth-order valence-corrected chi connectivity index (χ4v) is 2.02. The number of benzene rings is 2. The van der Waals surface area contributed by atoms with Crippen LogP contribution in [0.5, 0.6) is 0 Å². The Morgan fingerprint density at radius 2 is 1.85 bits per heavy atom. The van der Waals surface area contributed by atoms with E-state index in [0.717, 1.165) is 18.2 Å². The summed E-state index contributed by atoms with van der Waals surface area (Å²) in [4.78, 5) is 23.7. The molecule has 0 aliphatic rings. The molecule has 2 aromatic rings. The smallest absolute Gasteiger partial charge is 0.338 e. The number of carbonyl (C=O) groups is 2. The molecule has 0 fully saturated rings. The average Bonchev–Trinajstić information content (AvgIpc) is 2.63. The third-order valence-electron chi connectivity index (χ3n) is 3.27. The normalized spacial score (nSPS) is 10.8. The van der Waals surface area contributed by atoms with Crippen molar-refractivity contribution in [2.24, 2.45) is 0 Å². The molecule has 0 radical (unpaired) electrons. The van der Waals surface area contributed by atoms with Crippen LogP contribution in [-0.2, 0) is 9.53 Å². The number of nitrogens with zero attached hydrogens (tertiary/aromatic N) is 1. The molecule has 0 aromatic heterocycles. The van der Waals surface area contributed by atoms with Gasteiger partial charge in [-0.1, -0.05) is 6.07 Å². The number of esters is 1. The minimum Gasteiger partial charge on any atom is -0.462 e. The van der Waals surface area contributed by atoms with Gasteiger partial charge in [0, 0.05) is 5.69 Å². The van der Waals surface area contributed by atoms with Gasteiger partial charge in [0.05, 0.1) is 12.2 Å². The second kappa shape index (κ2) is 8.53. The molecule has 26 heavy (non-hydrogen) atoms. The Labute approximate surface area is 148 Å². The molecule has 0 atom stereocenters. The molecule has 132 valence electrons. The summed E-state index contributed by atoms with van der Waals surface area (Å²) in [5, 5.41) is 11.6. The Balaban J connectivity index is 2.14. The predicted molar refractivity (Wildman–Crippen MR) is 91.0 cm³/mol. The van der Waals surface area contributed by atoms with Gasteiger partial charge in [0.15, 0.2) is 11.6 Å². The maximum atomic E-state index is 13.2. The van der Waals surface area contributed by atoms with Gasteiger partial charge in [-0.05, 0) is 55.0 Å². The van der Waals surface area contributed by atoms with E-state index in [9.17, 15) is 18.4 Å². The zero-order valence-corrected chi connectivity index (χ0v) is 13.8. The number of nitrogens with one attached hydrogen (secondary N) is 1. The minimum atomic E-state index is -1.08. The highest BCUT2D eigenvalue weighted by Gasteiger charge is 2.12. The van der Waals surface area contributed by atoms with Gasteiger partial charge < -0.3 is 10.1 Å². The molecule has 5 nitrogen and oxygen atoms in total. The van der Waals surface area contributed by atoms with Gasteiger partial charge in [-0.15, -0.1) is 0 Å². The summed E-state index contributed by atoms with van der Waals surface area (Å²) in [6.45, 7) is 1.94. The van der Waals surface area contributed by atoms with Gasteiger partial charge in [0.25, 0.3) is 5.91 Å². The van der Waals surface area contributed by atoms with Crippen LogP contribution in [0.3, 0.4) is 0 Å². The van der Waals surface area contributed by atoms with E-state index < -0.39 is 23.5 Å². The average molecular weight is 356 g/mol. The molecule has 0 unspecified atom stereocenters. The van der Waals surface area contributed by atoms with E-state index >= 15 is 0 Å². The highest BCUT2D eigenvalue weighted by Crippen LogP contribution is 2.15. The van der Waals surface area contributed by atoms with Gasteiger partial charge in [-0.2, -0.15) is 5.26 Å². The van der Waals surface area contributed by atoms with Crippen molar-refractivity contribution in [1.29, 1.82) is 5.26 Å². The molecular weight excluding hydrogens is 342 g/mol. The van der Waals surface area contributed by atoms with Crippen molar-refractivity contribution >= 4 is 23.6 Å². The van der Waals surface area contributed by atoms with Crippen LogP contribution in [0.25, 0.3) is 6.08 Å². The summed E-state index contributed by atoms with van der Waals surface area (Å²) < 4.78 is 31.0. The van der Waals surface area contributed by atoms with Crippen LogP contribution in [0.1, 0.15) is 22.8 Å². The van der Waals surface area contributed by atoms with Gasteiger partial charge in [0.2, 0.25) is 0 Å². The van der Waals surface area contributed by atoms with Crippen LogP contribution in [0.2, 0.25) is 0 Å². The minimum absolute atomic E-state index is 0.174. The highest BCUT2D eigenvalue weighted by atomic mass is 19.2. The molecule has 0 bridgehead atoms. The Bertz CT molecular complexity index is 900. The van der Waals surface area contributed by atoms with Crippen LogP contribution in [0.4, 0.5) is 14.5 Å². The first kappa shape index (κ1) is 18.8. The molecule has 0 spiro atoms. The van der Waals surface area contributed by atoms with Crippen LogP contribution in [0, 0.1) is 23.0 Å². The molecule has 2 aromatic carbocycles. The van der Waals surface area contributed by atoms with E-state index in [1.807, 2.05) is 0 Å². The Kier molecular flexibility index (Phi) is 6.17. The SMILES string of the molecule is CCOC(=O)c1ccc(NC(=O)/C(C#N)=C/c2ccc(F)c(F)c2)cc1. The molecule has 0 saturated carbocycles. The van der Waals surface area contributed by atoms with Crippen molar-refractivity contribution in [3.8, 4) is 6.07 Å². The molecule has 0 aliphatic heterocycles. The lowest BCUT2D eigenvalue weighted by Crippen LogP contribution is -2.13. The second-order valence-corrected chi connectivity index (χ2v) is 5.10. The van der Waals surface area contributed by atoms with Crippen LogP contribution in [-0.4, -0.2) is 18.5 Å². The molecule has 7 heteroatoms. The quantitative estimate of drug-likeness (QED) is 0.503. The number of anilines is 1. The summed E-state index contributed by atoms with van der Waals surface area (Å²) in [5.41, 5.74) is 0.566. The second-order valence-electron chi connectivity index (χ2n) is 5.10. The van der Waals surface area contributed by atoms with Crippen LogP contribution in [0.15, 0.2) is 48.0 Å². The molecule has 0 heterocycles. The van der Waals surface area contributed by atoms with Gasteiger partial charge in [-0.3, -0.25) is 4.79 Å². The fourth-order valence-electron chi connectivity index (χ4n) is 2.02.